The molecular weight excluding hydrogens is 661 g/mol. The van der Waals surface area contributed by atoms with E-state index in [9.17, 15) is 14.3 Å². The van der Waals surface area contributed by atoms with Crippen LogP contribution in [0.1, 0.15) is 187 Å². The molecule has 1 unspecified atom stereocenters. The highest BCUT2D eigenvalue weighted by Crippen LogP contribution is 2.43. The summed E-state index contributed by atoms with van der Waals surface area (Å²) in [6.45, 7) is 4.92. The van der Waals surface area contributed by atoms with E-state index in [1.165, 1.54) is 122 Å². The maximum absolute atomic E-state index is 12.6. The Balaban J connectivity index is 4.30. The fraction of sp³-hybridized carbons (Fsp3) is 0.881. The molecule has 2 atom stereocenters. The van der Waals surface area contributed by atoms with Crippen molar-refractivity contribution >= 4 is 13.8 Å². The summed E-state index contributed by atoms with van der Waals surface area (Å²) >= 11 is 0. The van der Waals surface area contributed by atoms with E-state index in [-0.39, 0.29) is 25.8 Å². The predicted octanol–water partition coefficient (Wildman–Crippen LogP) is 12.4. The number of phosphoric acid groups is 1. The lowest BCUT2D eigenvalue weighted by molar-refractivity contribution is -0.870. The predicted molar refractivity (Wildman–Crippen MR) is 215 cm³/mol. The normalized spacial score (nSPS) is 14.0. The number of carbonyl (C=O) groups is 1. The third kappa shape index (κ3) is 39.9. The van der Waals surface area contributed by atoms with Crippen molar-refractivity contribution in [2.45, 2.75) is 193 Å². The van der Waals surface area contributed by atoms with Crippen LogP contribution in [-0.2, 0) is 27.9 Å². The third-order valence-electron chi connectivity index (χ3n) is 9.08. The van der Waals surface area contributed by atoms with Gasteiger partial charge in [0.1, 0.15) is 19.8 Å². The molecule has 8 nitrogen and oxygen atoms in total. The molecule has 1 N–H and O–H groups in total. The molecule has 9 heteroatoms. The molecule has 0 radical (unpaired) electrons. The quantitative estimate of drug-likeness (QED) is 0.0167. The van der Waals surface area contributed by atoms with Crippen LogP contribution < -0.4 is 0 Å². The molecule has 0 aliphatic heterocycles. The number of likely N-dealkylation sites (N-methyl/N-ethyl adjacent to an activating group) is 1. The van der Waals surface area contributed by atoms with Crippen molar-refractivity contribution in [2.24, 2.45) is 0 Å². The lowest BCUT2D eigenvalue weighted by atomic mass is 10.0. The molecule has 0 aromatic rings. The lowest BCUT2D eigenvalue weighted by Crippen LogP contribution is -2.37. The lowest BCUT2D eigenvalue weighted by Gasteiger charge is -2.24. The zero-order valence-electron chi connectivity index (χ0n) is 34.1. The van der Waals surface area contributed by atoms with Crippen molar-refractivity contribution in [3.63, 3.8) is 0 Å². The fourth-order valence-electron chi connectivity index (χ4n) is 5.75. The Morgan fingerprint density at radius 1 is 0.608 bits per heavy atom. The van der Waals surface area contributed by atoms with Crippen LogP contribution in [0.3, 0.4) is 0 Å². The van der Waals surface area contributed by atoms with Gasteiger partial charge < -0.3 is 18.9 Å². The van der Waals surface area contributed by atoms with Crippen LogP contribution in [-0.4, -0.2) is 69.0 Å². The number of ether oxygens (including phenoxy) is 2. The average molecular weight is 745 g/mol. The van der Waals surface area contributed by atoms with Gasteiger partial charge in [0, 0.05) is 6.42 Å². The van der Waals surface area contributed by atoms with E-state index in [0.717, 1.165) is 44.9 Å². The van der Waals surface area contributed by atoms with Crippen LogP contribution in [0.15, 0.2) is 24.5 Å². The van der Waals surface area contributed by atoms with E-state index in [1.54, 1.807) is 6.26 Å². The van der Waals surface area contributed by atoms with Crippen LogP contribution >= 0.6 is 7.82 Å². The number of allylic oxidation sites excluding steroid dienone is 3. The molecule has 0 bridgehead atoms. The van der Waals surface area contributed by atoms with Crippen LogP contribution in [0.5, 0.6) is 0 Å². The summed E-state index contributed by atoms with van der Waals surface area (Å²) in [6.07, 6.45) is 40.1. The molecule has 0 aromatic heterocycles. The van der Waals surface area contributed by atoms with Gasteiger partial charge in [0.05, 0.1) is 34.0 Å². The average Bonchev–Trinajstić information content (AvgIpc) is 3.08. The maximum atomic E-state index is 12.6. The highest BCUT2D eigenvalue weighted by molar-refractivity contribution is 7.47. The number of carbonyl (C=O) groups excluding carboxylic acids is 1. The third-order valence-corrected chi connectivity index (χ3v) is 10.1. The van der Waals surface area contributed by atoms with Gasteiger partial charge in [-0.25, -0.2) is 4.57 Å². The zero-order chi connectivity index (χ0) is 37.7. The number of quaternary nitrogens is 1. The first kappa shape index (κ1) is 49.8. The molecule has 0 heterocycles. The molecular formula is C42H83NO7P+. The van der Waals surface area contributed by atoms with Crippen molar-refractivity contribution in [1.29, 1.82) is 0 Å². The topological polar surface area (TPSA) is 91.3 Å². The number of unbranched alkanes of at least 4 members (excludes halogenated alkanes) is 23. The van der Waals surface area contributed by atoms with Crippen LogP contribution in [0.4, 0.5) is 0 Å². The van der Waals surface area contributed by atoms with E-state index in [2.05, 4.69) is 26.0 Å². The Morgan fingerprint density at radius 3 is 1.53 bits per heavy atom. The minimum atomic E-state index is -4.29. The summed E-state index contributed by atoms with van der Waals surface area (Å²) in [5.41, 5.74) is 0. The number of esters is 1. The Morgan fingerprint density at radius 2 is 1.04 bits per heavy atom. The van der Waals surface area contributed by atoms with E-state index in [4.69, 9.17) is 18.5 Å². The first-order chi connectivity index (χ1) is 24.6. The molecule has 0 spiro atoms. The van der Waals surface area contributed by atoms with Gasteiger partial charge >= 0.3 is 13.8 Å². The molecule has 0 rings (SSSR count). The van der Waals surface area contributed by atoms with Crippen LogP contribution in [0.25, 0.3) is 0 Å². The largest absolute Gasteiger partial charge is 0.498 e. The Kier molecular flexibility index (Phi) is 35.0. The minimum absolute atomic E-state index is 0.0476. The Hall–Kier alpha value is -1.18. The molecule has 0 saturated carbocycles. The second-order valence-corrected chi connectivity index (χ2v) is 16.9. The molecule has 302 valence electrons. The van der Waals surface area contributed by atoms with Gasteiger partial charge in [0.2, 0.25) is 0 Å². The molecule has 51 heavy (non-hydrogen) atoms. The van der Waals surface area contributed by atoms with Crippen molar-refractivity contribution in [2.75, 3.05) is 47.5 Å². The summed E-state index contributed by atoms with van der Waals surface area (Å²) in [6, 6.07) is 0. The van der Waals surface area contributed by atoms with Crippen molar-refractivity contribution in [3.8, 4) is 0 Å². The second kappa shape index (κ2) is 35.8. The molecule has 0 aliphatic carbocycles. The maximum Gasteiger partial charge on any atom is 0.472 e. The highest BCUT2D eigenvalue weighted by atomic mass is 31.2. The minimum Gasteiger partial charge on any atom is -0.498 e. The SMILES string of the molecule is CCCCCC/C=C\CCCCCCCC(=O)O[C@H](CO/C=C\CCCCCCCCCCCCCCCC)COP(=O)(O)OCC[N+](C)(C)C. The number of nitrogens with zero attached hydrogens (tertiary/aromatic N) is 1. The Bertz CT molecular complexity index is 874. The fourth-order valence-corrected chi connectivity index (χ4v) is 6.49. The summed E-state index contributed by atoms with van der Waals surface area (Å²) in [5.74, 6) is -0.344. The van der Waals surface area contributed by atoms with Gasteiger partial charge in [-0.1, -0.05) is 148 Å². The first-order valence-corrected chi connectivity index (χ1v) is 22.6. The summed E-state index contributed by atoms with van der Waals surface area (Å²) in [4.78, 5) is 22.8. The summed E-state index contributed by atoms with van der Waals surface area (Å²) in [5, 5.41) is 0. The van der Waals surface area contributed by atoms with Gasteiger partial charge in [-0.3, -0.25) is 13.8 Å². The molecule has 0 aromatic carbocycles. The first-order valence-electron chi connectivity index (χ1n) is 21.1. The van der Waals surface area contributed by atoms with E-state index in [1.807, 2.05) is 27.2 Å². The number of hydrogen-bond acceptors (Lipinski definition) is 6. The van der Waals surface area contributed by atoms with Gasteiger partial charge in [0.15, 0.2) is 6.10 Å². The zero-order valence-corrected chi connectivity index (χ0v) is 35.0. The number of phosphoric ester groups is 1. The van der Waals surface area contributed by atoms with Crippen molar-refractivity contribution < 1.29 is 37.3 Å². The highest BCUT2D eigenvalue weighted by Gasteiger charge is 2.26. The van der Waals surface area contributed by atoms with Crippen LogP contribution in [0, 0.1) is 0 Å². The van der Waals surface area contributed by atoms with Crippen molar-refractivity contribution in [1.82, 2.24) is 0 Å². The standard InChI is InChI=1S/C42H82NO7P/c1-6-8-10-12-14-16-18-20-21-22-24-26-28-30-32-34-37-47-39-41(40-49-51(45,46)48-38-36-43(3,4)5)50-42(44)35-33-31-29-27-25-23-19-17-15-13-11-9-7-2/h17,19,34,37,41H,6-16,18,20-33,35-36,38-40H2,1-5H3/p+1/b19-17-,37-34-/t41-/m1/s1. The number of hydrogen-bond donors (Lipinski definition) is 1. The van der Waals surface area contributed by atoms with Gasteiger partial charge in [-0.2, -0.15) is 0 Å². The number of rotatable bonds is 39. The van der Waals surface area contributed by atoms with E-state index >= 15 is 0 Å². The van der Waals surface area contributed by atoms with E-state index in [0.29, 0.717) is 17.4 Å². The molecule has 0 saturated heterocycles. The van der Waals surface area contributed by atoms with Gasteiger partial charge in [-0.05, 0) is 51.0 Å². The second-order valence-electron chi connectivity index (χ2n) is 15.4. The molecule has 0 fully saturated rings. The summed E-state index contributed by atoms with van der Waals surface area (Å²) in [7, 11) is 1.63. The van der Waals surface area contributed by atoms with Crippen LogP contribution in [0.2, 0.25) is 0 Å². The monoisotopic (exact) mass is 745 g/mol. The summed E-state index contributed by atoms with van der Waals surface area (Å²) < 4.78 is 34.7. The smallest absolute Gasteiger partial charge is 0.472 e. The van der Waals surface area contributed by atoms with Gasteiger partial charge in [0.25, 0.3) is 0 Å². The van der Waals surface area contributed by atoms with Gasteiger partial charge in [-0.15, -0.1) is 0 Å². The van der Waals surface area contributed by atoms with Crippen molar-refractivity contribution in [3.05, 3.63) is 24.5 Å². The Labute approximate surface area is 315 Å². The molecule has 0 aliphatic rings. The van der Waals surface area contributed by atoms with E-state index < -0.39 is 13.9 Å². The molecule has 0 amide bonds.